The molecule has 32 heavy (non-hydrogen) atoms. The summed E-state index contributed by atoms with van der Waals surface area (Å²) in [5, 5.41) is 2.00. The van der Waals surface area contributed by atoms with Crippen LogP contribution in [0, 0.1) is 0 Å². The Bertz CT molecular complexity index is 1190. The molecule has 7 nitrogen and oxygen atoms in total. The summed E-state index contributed by atoms with van der Waals surface area (Å²) in [5.41, 5.74) is 1.88. The second kappa shape index (κ2) is 8.55. The molecule has 2 heterocycles. The van der Waals surface area contributed by atoms with Crippen molar-refractivity contribution in [1.82, 2.24) is 4.98 Å². The van der Waals surface area contributed by atoms with Crippen LogP contribution in [-0.2, 0) is 20.2 Å². The number of aromatic nitrogens is 1. The van der Waals surface area contributed by atoms with E-state index in [1.807, 2.05) is 24.3 Å². The lowest BCUT2D eigenvalue weighted by Crippen LogP contribution is -2.32. The van der Waals surface area contributed by atoms with E-state index in [1.165, 1.54) is 35.2 Å². The molecule has 170 valence electrons. The summed E-state index contributed by atoms with van der Waals surface area (Å²) in [4.78, 5) is 18.6. The second-order valence-corrected chi connectivity index (χ2v) is 11.2. The molecule has 1 aliphatic heterocycles. The third kappa shape index (κ3) is 4.78. The molecule has 0 aliphatic carbocycles. The molecule has 0 saturated carbocycles. The number of anilines is 2. The molecule has 1 N–H and O–H groups in total. The molecule has 0 radical (unpaired) electrons. The minimum atomic E-state index is -3.73. The van der Waals surface area contributed by atoms with Gasteiger partial charge in [0.15, 0.2) is 11.2 Å². The highest BCUT2D eigenvalue weighted by Gasteiger charge is 2.34. The van der Waals surface area contributed by atoms with Crippen LogP contribution >= 0.6 is 11.3 Å². The van der Waals surface area contributed by atoms with Crippen LogP contribution < -0.4 is 14.4 Å². The van der Waals surface area contributed by atoms with Gasteiger partial charge in [-0.2, -0.15) is 0 Å². The number of nitrogens with zero attached hydrogens (tertiary/aromatic N) is 2. The fourth-order valence-electron chi connectivity index (χ4n) is 3.47. The highest BCUT2D eigenvalue weighted by Crippen LogP contribution is 2.28. The normalized spacial score (nSPS) is 16.9. The van der Waals surface area contributed by atoms with Crippen LogP contribution in [0.25, 0.3) is 0 Å². The van der Waals surface area contributed by atoms with Gasteiger partial charge in [-0.1, -0.05) is 32.9 Å². The SMILES string of the molecule is CC(C)(C)c1ccc(OC2CCN(c3ccc(S(=O)(=O)Nc4nccs4)cc3)C2=O)cc1.[HH]. The van der Waals surface area contributed by atoms with Crippen molar-refractivity contribution in [2.45, 2.75) is 43.6 Å². The van der Waals surface area contributed by atoms with E-state index in [0.717, 1.165) is 0 Å². The number of ether oxygens (including phenoxy) is 1. The van der Waals surface area contributed by atoms with Gasteiger partial charge in [0.2, 0.25) is 0 Å². The number of benzene rings is 2. The van der Waals surface area contributed by atoms with Crippen LogP contribution in [0.2, 0.25) is 0 Å². The molecule has 1 saturated heterocycles. The Balaban J connectivity index is 0.00000306. The zero-order valence-corrected chi connectivity index (χ0v) is 19.7. The summed E-state index contributed by atoms with van der Waals surface area (Å²) in [5.74, 6) is 0.523. The Labute approximate surface area is 193 Å². The van der Waals surface area contributed by atoms with Crippen molar-refractivity contribution >= 4 is 38.1 Å². The van der Waals surface area contributed by atoms with Gasteiger partial charge in [0.1, 0.15) is 5.75 Å². The summed E-state index contributed by atoms with van der Waals surface area (Å²) >= 11 is 1.20. The monoisotopic (exact) mass is 473 g/mol. The smallest absolute Gasteiger partial charge is 0.268 e. The van der Waals surface area contributed by atoms with Crippen molar-refractivity contribution in [1.29, 1.82) is 0 Å². The van der Waals surface area contributed by atoms with Gasteiger partial charge in [-0.3, -0.25) is 9.52 Å². The van der Waals surface area contributed by atoms with E-state index in [-0.39, 0.29) is 17.6 Å². The molecule has 4 rings (SSSR count). The molecule has 1 fully saturated rings. The lowest BCUT2D eigenvalue weighted by molar-refractivity contribution is -0.122. The Morgan fingerprint density at radius 2 is 1.81 bits per heavy atom. The predicted octanol–water partition coefficient (Wildman–Crippen LogP) is 4.67. The first-order chi connectivity index (χ1) is 15.1. The average Bonchev–Trinajstić information content (AvgIpc) is 3.38. The summed E-state index contributed by atoms with van der Waals surface area (Å²) in [6.45, 7) is 6.94. The Morgan fingerprint density at radius 1 is 1.12 bits per heavy atom. The largest absolute Gasteiger partial charge is 0.481 e. The van der Waals surface area contributed by atoms with Crippen molar-refractivity contribution in [3.8, 4) is 5.75 Å². The van der Waals surface area contributed by atoms with Gasteiger partial charge in [0.05, 0.1) is 4.90 Å². The van der Waals surface area contributed by atoms with E-state index in [0.29, 0.717) is 29.5 Å². The zero-order valence-electron chi connectivity index (χ0n) is 18.1. The summed E-state index contributed by atoms with van der Waals surface area (Å²) < 4.78 is 33.4. The molecule has 1 aromatic heterocycles. The van der Waals surface area contributed by atoms with Gasteiger partial charge in [-0.05, 0) is 47.4 Å². The van der Waals surface area contributed by atoms with Crippen LogP contribution in [-0.4, -0.2) is 32.0 Å². The van der Waals surface area contributed by atoms with Crippen LogP contribution in [0.5, 0.6) is 5.75 Å². The van der Waals surface area contributed by atoms with Crippen LogP contribution in [0.3, 0.4) is 0 Å². The second-order valence-electron chi connectivity index (χ2n) is 8.60. The van der Waals surface area contributed by atoms with Gasteiger partial charge in [0.25, 0.3) is 15.9 Å². The molecule has 3 aromatic rings. The number of nitrogens with one attached hydrogen (secondary N) is 1. The van der Waals surface area contributed by atoms with E-state index in [9.17, 15) is 13.2 Å². The fourth-order valence-corrected chi connectivity index (χ4v) is 5.26. The van der Waals surface area contributed by atoms with Gasteiger partial charge in [-0.25, -0.2) is 13.4 Å². The number of rotatable bonds is 6. The molecule has 1 atom stereocenters. The Kier molecular flexibility index (Phi) is 5.96. The standard InChI is InChI=1S/C23H25N3O4S2.H2/c1-23(2,3)16-4-8-18(9-5-16)30-20-12-14-26(21(20)27)17-6-10-19(11-7-17)32(28,29)25-22-24-13-15-31-22;/h4-11,13,15,20H,12,14H2,1-3H3,(H,24,25);1H. The molecule has 0 spiro atoms. The number of hydrogen-bond acceptors (Lipinski definition) is 6. The van der Waals surface area contributed by atoms with Crippen molar-refractivity contribution in [3.63, 3.8) is 0 Å². The van der Waals surface area contributed by atoms with Gasteiger partial charge in [-0.15, -0.1) is 11.3 Å². The fraction of sp³-hybridized carbons (Fsp3) is 0.304. The number of carbonyl (C=O) groups is 1. The molecule has 0 bridgehead atoms. The number of thiazole rings is 1. The van der Waals surface area contributed by atoms with E-state index >= 15 is 0 Å². The lowest BCUT2D eigenvalue weighted by Gasteiger charge is -2.20. The topological polar surface area (TPSA) is 88.6 Å². The van der Waals surface area contributed by atoms with Crippen LogP contribution in [0.4, 0.5) is 10.8 Å². The quantitative estimate of drug-likeness (QED) is 0.562. The maximum Gasteiger partial charge on any atom is 0.268 e. The Morgan fingerprint density at radius 3 is 2.41 bits per heavy atom. The number of amides is 1. The van der Waals surface area contributed by atoms with Crippen molar-refractivity contribution < 1.29 is 19.4 Å². The highest BCUT2D eigenvalue weighted by atomic mass is 32.2. The molecule has 1 unspecified atom stereocenters. The van der Waals surface area contributed by atoms with Crippen molar-refractivity contribution in [2.24, 2.45) is 0 Å². The molecular weight excluding hydrogens is 446 g/mol. The molecule has 1 amide bonds. The molecule has 9 heteroatoms. The third-order valence-electron chi connectivity index (χ3n) is 5.27. The minimum absolute atomic E-state index is 0. The van der Waals surface area contributed by atoms with E-state index < -0.39 is 16.1 Å². The van der Waals surface area contributed by atoms with Crippen LogP contribution in [0.1, 0.15) is 34.2 Å². The molecule has 2 aromatic carbocycles. The maximum atomic E-state index is 12.9. The van der Waals surface area contributed by atoms with E-state index in [1.54, 1.807) is 22.4 Å². The number of carbonyl (C=O) groups excluding carboxylic acids is 1. The molecule has 1 aliphatic rings. The van der Waals surface area contributed by atoms with Crippen LogP contribution in [0.15, 0.2) is 65.0 Å². The average molecular weight is 474 g/mol. The zero-order chi connectivity index (χ0) is 22.9. The third-order valence-corrected chi connectivity index (χ3v) is 7.44. The maximum absolute atomic E-state index is 12.9. The predicted molar refractivity (Wildman–Crippen MR) is 128 cm³/mol. The van der Waals surface area contributed by atoms with Gasteiger partial charge in [0, 0.05) is 31.7 Å². The summed E-state index contributed by atoms with van der Waals surface area (Å²) in [6, 6.07) is 14.1. The number of sulfonamides is 1. The van der Waals surface area contributed by atoms with Crippen molar-refractivity contribution in [3.05, 3.63) is 65.7 Å². The van der Waals surface area contributed by atoms with Crippen molar-refractivity contribution in [2.75, 3.05) is 16.2 Å². The Hall–Kier alpha value is -2.91. The van der Waals surface area contributed by atoms with Gasteiger partial charge >= 0.3 is 0 Å². The van der Waals surface area contributed by atoms with E-state index in [4.69, 9.17) is 4.74 Å². The van der Waals surface area contributed by atoms with Gasteiger partial charge < -0.3 is 9.64 Å². The summed E-state index contributed by atoms with van der Waals surface area (Å²) in [7, 11) is -3.73. The number of hydrogen-bond donors (Lipinski definition) is 1. The molecular formula is C23H27N3O4S2. The first-order valence-corrected chi connectivity index (χ1v) is 12.6. The minimum Gasteiger partial charge on any atom is -0.481 e. The first-order valence-electron chi connectivity index (χ1n) is 10.2. The first kappa shape index (κ1) is 22.3. The van der Waals surface area contributed by atoms with E-state index in [2.05, 4.69) is 30.5 Å². The lowest BCUT2D eigenvalue weighted by atomic mass is 9.87. The highest BCUT2D eigenvalue weighted by molar-refractivity contribution is 7.93. The summed E-state index contributed by atoms with van der Waals surface area (Å²) in [6.07, 6.45) is 1.53.